The number of fused-ring (bicyclic) bond motifs is 1. The fourth-order valence-electron chi connectivity index (χ4n) is 3.09. The van der Waals surface area contributed by atoms with E-state index in [1.165, 1.54) is 46.2 Å². The van der Waals surface area contributed by atoms with E-state index in [1.807, 2.05) is 24.3 Å². The van der Waals surface area contributed by atoms with Gasteiger partial charge >= 0.3 is 0 Å². The number of nitrogens with one attached hydrogen (secondary N) is 2. The van der Waals surface area contributed by atoms with E-state index in [1.54, 1.807) is 0 Å². The first-order valence-corrected chi connectivity index (χ1v) is 10.7. The molecule has 0 aliphatic heterocycles. The van der Waals surface area contributed by atoms with Crippen molar-refractivity contribution in [3.63, 3.8) is 0 Å². The third-order valence-electron chi connectivity index (χ3n) is 4.40. The van der Waals surface area contributed by atoms with Crippen molar-refractivity contribution < 1.29 is 4.79 Å². The average Bonchev–Trinajstić information content (AvgIpc) is 3.34. The lowest BCUT2D eigenvalue weighted by Gasteiger charge is -2.06. The number of carbonyl (C=O) groups excluding carboxylic acids is 1. The van der Waals surface area contributed by atoms with Crippen molar-refractivity contribution in [3.05, 3.63) is 65.2 Å². The third-order valence-corrected chi connectivity index (χ3v) is 6.42. The molecule has 138 valence electrons. The van der Waals surface area contributed by atoms with E-state index in [9.17, 15) is 4.79 Å². The van der Waals surface area contributed by atoms with Crippen LogP contribution in [0.15, 0.2) is 52.9 Å². The molecule has 27 heavy (non-hydrogen) atoms. The topological polar surface area (TPSA) is 66.9 Å². The summed E-state index contributed by atoms with van der Waals surface area (Å²) in [6, 6.07) is 16.4. The van der Waals surface area contributed by atoms with Gasteiger partial charge in [-0.25, -0.2) is 0 Å². The van der Waals surface area contributed by atoms with Crippen LogP contribution in [0.4, 0.5) is 10.8 Å². The molecule has 0 radical (unpaired) electrons. The van der Waals surface area contributed by atoms with Gasteiger partial charge in [-0.3, -0.25) is 4.79 Å². The van der Waals surface area contributed by atoms with E-state index >= 15 is 0 Å². The summed E-state index contributed by atoms with van der Waals surface area (Å²) in [6.07, 6.45) is 3.47. The van der Waals surface area contributed by atoms with Crippen LogP contribution in [0.25, 0.3) is 0 Å². The zero-order chi connectivity index (χ0) is 18.5. The number of hydrogen-bond donors (Lipinski definition) is 2. The number of benzene rings is 2. The third kappa shape index (κ3) is 4.87. The molecule has 1 heterocycles. The molecule has 5 nitrogen and oxygen atoms in total. The smallest absolute Gasteiger partial charge is 0.234 e. The number of anilines is 2. The van der Waals surface area contributed by atoms with E-state index in [4.69, 9.17) is 0 Å². The predicted octanol–water partition coefficient (Wildman–Crippen LogP) is 4.37. The SMILES string of the molecule is O=C(CSc1nnc(NCc2ccccc2)s1)Nc1ccc2c(c1)CCC2. The molecule has 0 atom stereocenters. The highest BCUT2D eigenvalue weighted by atomic mass is 32.2. The highest BCUT2D eigenvalue weighted by molar-refractivity contribution is 8.01. The fraction of sp³-hybridized carbons (Fsp3) is 0.250. The van der Waals surface area contributed by atoms with Gasteiger partial charge < -0.3 is 10.6 Å². The molecule has 1 amide bonds. The van der Waals surface area contributed by atoms with Gasteiger partial charge in [0, 0.05) is 12.2 Å². The maximum Gasteiger partial charge on any atom is 0.234 e. The number of carbonyl (C=O) groups is 1. The van der Waals surface area contributed by atoms with Gasteiger partial charge in [0.25, 0.3) is 0 Å². The summed E-state index contributed by atoms with van der Waals surface area (Å²) in [7, 11) is 0. The summed E-state index contributed by atoms with van der Waals surface area (Å²) < 4.78 is 0.787. The lowest BCUT2D eigenvalue weighted by Crippen LogP contribution is -2.14. The monoisotopic (exact) mass is 396 g/mol. The Morgan fingerprint density at radius 3 is 2.81 bits per heavy atom. The van der Waals surface area contributed by atoms with Gasteiger partial charge in [-0.2, -0.15) is 0 Å². The zero-order valence-electron chi connectivity index (χ0n) is 14.8. The maximum absolute atomic E-state index is 12.2. The Morgan fingerprint density at radius 2 is 1.93 bits per heavy atom. The summed E-state index contributed by atoms with van der Waals surface area (Å²) in [4.78, 5) is 12.2. The number of amides is 1. The van der Waals surface area contributed by atoms with Crippen LogP contribution < -0.4 is 10.6 Å². The molecule has 0 saturated carbocycles. The minimum absolute atomic E-state index is 0.0214. The summed E-state index contributed by atoms with van der Waals surface area (Å²) in [5, 5.41) is 15.3. The van der Waals surface area contributed by atoms with Crippen LogP contribution >= 0.6 is 23.1 Å². The van der Waals surface area contributed by atoms with Crippen molar-refractivity contribution in [2.45, 2.75) is 30.1 Å². The standard InChI is InChI=1S/C20H20N4OS2/c25-18(22-17-10-9-15-7-4-8-16(15)11-17)13-26-20-24-23-19(27-20)21-12-14-5-2-1-3-6-14/h1-3,5-6,9-11H,4,7-8,12-13H2,(H,21,23)(H,22,25). The molecule has 1 aliphatic rings. The van der Waals surface area contributed by atoms with E-state index in [2.05, 4.69) is 45.1 Å². The number of nitrogens with zero attached hydrogens (tertiary/aromatic N) is 2. The Labute approximate surface area is 166 Å². The van der Waals surface area contributed by atoms with Crippen molar-refractivity contribution >= 4 is 39.8 Å². The minimum Gasteiger partial charge on any atom is -0.356 e. The lowest BCUT2D eigenvalue weighted by molar-refractivity contribution is -0.113. The van der Waals surface area contributed by atoms with Gasteiger partial charge in [0.15, 0.2) is 4.34 Å². The number of aromatic nitrogens is 2. The largest absolute Gasteiger partial charge is 0.356 e. The summed E-state index contributed by atoms with van der Waals surface area (Å²) in [5.74, 6) is 0.302. The zero-order valence-corrected chi connectivity index (χ0v) is 16.4. The Kier molecular flexibility index (Phi) is 5.69. The van der Waals surface area contributed by atoms with Gasteiger partial charge in [0.2, 0.25) is 11.0 Å². The molecule has 0 saturated heterocycles. The van der Waals surface area contributed by atoms with E-state index in [0.29, 0.717) is 12.3 Å². The number of rotatable bonds is 7. The maximum atomic E-state index is 12.2. The number of thioether (sulfide) groups is 1. The summed E-state index contributed by atoms with van der Waals surface area (Å²) in [5.41, 5.74) is 4.84. The quantitative estimate of drug-likeness (QED) is 0.581. The predicted molar refractivity (Wildman–Crippen MR) is 111 cm³/mol. The molecule has 7 heteroatoms. The molecule has 2 N–H and O–H groups in total. The summed E-state index contributed by atoms with van der Waals surface area (Å²) in [6.45, 7) is 0.707. The van der Waals surface area contributed by atoms with Crippen LogP contribution in [-0.4, -0.2) is 21.9 Å². The first-order chi connectivity index (χ1) is 13.3. The highest BCUT2D eigenvalue weighted by Gasteiger charge is 2.13. The summed E-state index contributed by atoms with van der Waals surface area (Å²) >= 11 is 2.87. The normalized spacial score (nSPS) is 12.6. The van der Waals surface area contributed by atoms with Crippen LogP contribution in [0.5, 0.6) is 0 Å². The molecule has 3 aromatic rings. The van der Waals surface area contributed by atoms with Crippen molar-refractivity contribution in [2.75, 3.05) is 16.4 Å². The van der Waals surface area contributed by atoms with E-state index in [-0.39, 0.29) is 5.91 Å². The van der Waals surface area contributed by atoms with Gasteiger partial charge in [-0.15, -0.1) is 10.2 Å². The molecular weight excluding hydrogens is 376 g/mol. The second-order valence-electron chi connectivity index (χ2n) is 6.39. The van der Waals surface area contributed by atoms with Gasteiger partial charge in [-0.1, -0.05) is 59.5 Å². The van der Waals surface area contributed by atoms with E-state index < -0.39 is 0 Å². The van der Waals surface area contributed by atoms with E-state index in [0.717, 1.165) is 28.0 Å². The van der Waals surface area contributed by atoms with Crippen LogP contribution in [0, 0.1) is 0 Å². The van der Waals surface area contributed by atoms with Gasteiger partial charge in [0.05, 0.1) is 5.75 Å². The first kappa shape index (κ1) is 18.0. The molecule has 4 rings (SSSR count). The average molecular weight is 397 g/mol. The molecular formula is C20H20N4OS2. The molecule has 1 aromatic heterocycles. The lowest BCUT2D eigenvalue weighted by atomic mass is 10.1. The van der Waals surface area contributed by atoms with Crippen LogP contribution in [0.3, 0.4) is 0 Å². The molecule has 0 bridgehead atoms. The van der Waals surface area contributed by atoms with Crippen LogP contribution in [-0.2, 0) is 24.2 Å². The Morgan fingerprint density at radius 1 is 1.07 bits per heavy atom. The molecule has 0 spiro atoms. The number of hydrogen-bond acceptors (Lipinski definition) is 6. The van der Waals surface area contributed by atoms with Gasteiger partial charge in [-0.05, 0) is 48.1 Å². The number of aryl methyl sites for hydroxylation is 2. The fourth-order valence-corrected chi connectivity index (χ4v) is 4.63. The van der Waals surface area contributed by atoms with Crippen molar-refractivity contribution in [1.82, 2.24) is 10.2 Å². The first-order valence-electron chi connectivity index (χ1n) is 8.92. The van der Waals surface area contributed by atoms with Crippen LogP contribution in [0.1, 0.15) is 23.1 Å². The second-order valence-corrected chi connectivity index (χ2v) is 8.59. The molecule has 1 aliphatic carbocycles. The Balaban J connectivity index is 1.25. The molecule has 2 aromatic carbocycles. The van der Waals surface area contributed by atoms with Crippen molar-refractivity contribution in [1.29, 1.82) is 0 Å². The van der Waals surface area contributed by atoms with Crippen LogP contribution in [0.2, 0.25) is 0 Å². The second kappa shape index (κ2) is 8.54. The highest BCUT2D eigenvalue weighted by Crippen LogP contribution is 2.27. The van der Waals surface area contributed by atoms with Gasteiger partial charge in [0.1, 0.15) is 0 Å². The Bertz CT molecular complexity index is 927. The molecule has 0 fully saturated rings. The Hall–Kier alpha value is -2.38. The minimum atomic E-state index is -0.0214. The van der Waals surface area contributed by atoms with Crippen molar-refractivity contribution in [2.24, 2.45) is 0 Å². The van der Waals surface area contributed by atoms with Crippen molar-refractivity contribution in [3.8, 4) is 0 Å². The molecule has 0 unspecified atom stereocenters.